The maximum Gasteiger partial charge on any atom is 0.472 e. The van der Waals surface area contributed by atoms with E-state index in [1.807, 2.05) is 0 Å². The van der Waals surface area contributed by atoms with Crippen LogP contribution in [0.15, 0.2) is 0 Å². The van der Waals surface area contributed by atoms with E-state index in [4.69, 9.17) is 37.0 Å². The lowest BCUT2D eigenvalue weighted by Gasteiger charge is -2.21. The summed E-state index contributed by atoms with van der Waals surface area (Å²) in [4.78, 5) is 72.5. The van der Waals surface area contributed by atoms with Crippen LogP contribution in [0.4, 0.5) is 0 Å². The lowest BCUT2D eigenvalue weighted by atomic mass is 9.99. The predicted octanol–water partition coefficient (Wildman–Crippen LogP) is 21.0. The van der Waals surface area contributed by atoms with Crippen molar-refractivity contribution in [2.75, 3.05) is 39.6 Å². The zero-order valence-electron chi connectivity index (χ0n) is 60.0. The van der Waals surface area contributed by atoms with Gasteiger partial charge in [-0.15, -0.1) is 0 Å². The minimum absolute atomic E-state index is 0.102. The van der Waals surface area contributed by atoms with Gasteiger partial charge in [-0.2, -0.15) is 0 Å². The average molecular weight is 1350 g/mol. The fourth-order valence-corrected chi connectivity index (χ4v) is 12.6. The molecule has 0 fully saturated rings. The van der Waals surface area contributed by atoms with Gasteiger partial charge in [0.25, 0.3) is 0 Å². The molecule has 0 saturated carbocycles. The molecule has 0 aliphatic heterocycles. The van der Waals surface area contributed by atoms with Crippen molar-refractivity contribution in [1.29, 1.82) is 0 Å². The maximum atomic E-state index is 13.1. The Morgan fingerprint density at radius 2 is 0.554 bits per heavy atom. The highest BCUT2D eigenvalue weighted by atomic mass is 31.2. The highest BCUT2D eigenvalue weighted by Gasteiger charge is 2.30. The van der Waals surface area contributed by atoms with E-state index in [1.165, 1.54) is 173 Å². The molecular formula is C73H142O17P2. The first-order chi connectivity index (χ1) is 44.3. The molecule has 0 aromatic heterocycles. The third-order valence-electron chi connectivity index (χ3n) is 17.2. The van der Waals surface area contributed by atoms with Crippen LogP contribution in [-0.2, 0) is 65.4 Å². The monoisotopic (exact) mass is 1350 g/mol. The summed E-state index contributed by atoms with van der Waals surface area (Å²) in [6, 6.07) is 0. The quantitative estimate of drug-likeness (QED) is 0.0222. The van der Waals surface area contributed by atoms with Gasteiger partial charge in [0.05, 0.1) is 26.4 Å². The Hall–Kier alpha value is -1.94. The smallest absolute Gasteiger partial charge is 0.462 e. The summed E-state index contributed by atoms with van der Waals surface area (Å²) < 4.78 is 68.3. The van der Waals surface area contributed by atoms with E-state index in [0.29, 0.717) is 31.6 Å². The Labute approximate surface area is 562 Å². The van der Waals surface area contributed by atoms with Crippen molar-refractivity contribution in [3.63, 3.8) is 0 Å². The summed E-state index contributed by atoms with van der Waals surface area (Å²) in [5.41, 5.74) is 0. The second-order valence-electron chi connectivity index (χ2n) is 27.5. The molecule has 0 aromatic carbocycles. The van der Waals surface area contributed by atoms with Gasteiger partial charge in [-0.1, -0.05) is 318 Å². The molecule has 0 aliphatic carbocycles. The molecule has 3 N–H and O–H groups in total. The molecule has 0 bridgehead atoms. The number of unbranched alkanes of at least 4 members (excludes halogenated alkanes) is 38. The maximum absolute atomic E-state index is 13.1. The minimum atomic E-state index is -4.95. The molecule has 0 radical (unpaired) electrons. The van der Waals surface area contributed by atoms with Gasteiger partial charge in [-0.05, 0) is 43.4 Å². The van der Waals surface area contributed by atoms with Crippen molar-refractivity contribution in [3.05, 3.63) is 0 Å². The van der Waals surface area contributed by atoms with Crippen molar-refractivity contribution in [3.8, 4) is 0 Å². The molecular weight excluding hydrogens is 1210 g/mol. The van der Waals surface area contributed by atoms with E-state index in [0.717, 1.165) is 108 Å². The number of hydrogen-bond acceptors (Lipinski definition) is 15. The second kappa shape index (κ2) is 63.8. The third-order valence-corrected chi connectivity index (χ3v) is 19.1. The first kappa shape index (κ1) is 90.1. The van der Waals surface area contributed by atoms with Gasteiger partial charge >= 0.3 is 39.5 Å². The molecule has 0 aromatic rings. The number of carbonyl (C=O) groups is 4. The fourth-order valence-electron chi connectivity index (χ4n) is 11.0. The van der Waals surface area contributed by atoms with Gasteiger partial charge < -0.3 is 33.8 Å². The lowest BCUT2D eigenvalue weighted by Crippen LogP contribution is -2.30. The van der Waals surface area contributed by atoms with Crippen LogP contribution in [0.2, 0.25) is 0 Å². The van der Waals surface area contributed by atoms with Gasteiger partial charge in [0, 0.05) is 25.7 Å². The number of esters is 4. The van der Waals surface area contributed by atoms with E-state index < -0.39 is 97.5 Å². The normalized spacial score (nSPS) is 14.4. The van der Waals surface area contributed by atoms with Crippen LogP contribution >= 0.6 is 15.6 Å². The molecule has 546 valence electrons. The Balaban J connectivity index is 5.19. The fraction of sp³-hybridized carbons (Fsp3) is 0.945. The largest absolute Gasteiger partial charge is 0.472 e. The zero-order chi connectivity index (χ0) is 68.0. The number of phosphoric ester groups is 2. The molecule has 0 amide bonds. The standard InChI is InChI=1S/C73H142O17P2/c1-8-10-11-12-13-32-40-47-54-70(75)83-61-69(90-73(78)57-50-43-36-35-38-45-52-65(5)6)63-88-92(81,82)86-59-67(74)58-85-91(79,80)87-62-68(60-84-71(76)55-48-41-33-28-24-20-16-14-18-22-26-30-37-44-51-64(3)4)89-72(77)56-49-42-34-29-25-21-17-15-19-23-27-31-39-46-53-66(7)9-2/h64-69,74H,8-63H2,1-7H3,(H,79,80)(H,81,82)/t66?,67-,68-,69-/m1/s1. The third kappa shape index (κ3) is 65.4. The van der Waals surface area contributed by atoms with Gasteiger partial charge in [-0.25, -0.2) is 9.13 Å². The van der Waals surface area contributed by atoms with Crippen LogP contribution in [0.3, 0.4) is 0 Å². The summed E-state index contributed by atoms with van der Waals surface area (Å²) in [5, 5.41) is 10.6. The summed E-state index contributed by atoms with van der Waals surface area (Å²) in [7, 11) is -9.90. The van der Waals surface area contributed by atoms with Crippen LogP contribution in [-0.4, -0.2) is 96.7 Å². The minimum Gasteiger partial charge on any atom is -0.462 e. The Morgan fingerprint density at radius 3 is 0.826 bits per heavy atom. The molecule has 3 unspecified atom stereocenters. The molecule has 0 saturated heterocycles. The summed E-state index contributed by atoms with van der Waals surface area (Å²) >= 11 is 0. The first-order valence-corrected chi connectivity index (χ1v) is 40.9. The Kier molecular flexibility index (Phi) is 62.4. The van der Waals surface area contributed by atoms with Crippen molar-refractivity contribution in [1.82, 2.24) is 0 Å². The van der Waals surface area contributed by atoms with E-state index in [9.17, 15) is 43.2 Å². The van der Waals surface area contributed by atoms with Gasteiger partial charge in [-0.3, -0.25) is 37.3 Å². The molecule has 0 heterocycles. The molecule has 0 rings (SSSR count). The SMILES string of the molecule is CCCCCCCCCCC(=O)OC[C@H](COP(=O)(O)OC[C@H](O)COP(=O)(O)OC[C@@H](COC(=O)CCCCCCCCCCCCCCCCC(C)C)OC(=O)CCCCCCCCCCCCCCCCC(C)CC)OC(=O)CCCCCCCCC(C)C. The van der Waals surface area contributed by atoms with Gasteiger partial charge in [0.15, 0.2) is 12.2 Å². The number of ether oxygens (including phenoxy) is 4. The van der Waals surface area contributed by atoms with E-state index >= 15 is 0 Å². The average Bonchev–Trinajstić information content (AvgIpc) is 2.80. The molecule has 19 heteroatoms. The molecule has 92 heavy (non-hydrogen) atoms. The molecule has 0 spiro atoms. The van der Waals surface area contributed by atoms with Gasteiger partial charge in [0.2, 0.25) is 0 Å². The van der Waals surface area contributed by atoms with Crippen molar-refractivity contribution in [2.24, 2.45) is 17.8 Å². The number of aliphatic hydroxyl groups is 1. The molecule has 0 aliphatic rings. The van der Waals surface area contributed by atoms with Crippen LogP contribution in [0, 0.1) is 17.8 Å². The first-order valence-electron chi connectivity index (χ1n) is 37.9. The predicted molar refractivity (Wildman–Crippen MR) is 372 cm³/mol. The van der Waals surface area contributed by atoms with E-state index in [1.54, 1.807) is 0 Å². The number of phosphoric acid groups is 2. The number of carbonyl (C=O) groups excluding carboxylic acids is 4. The van der Waals surface area contributed by atoms with Crippen molar-refractivity contribution < 1.29 is 80.2 Å². The topological polar surface area (TPSA) is 237 Å². The van der Waals surface area contributed by atoms with Crippen LogP contribution in [0.25, 0.3) is 0 Å². The summed E-state index contributed by atoms with van der Waals surface area (Å²) in [6.45, 7) is 11.8. The molecule has 17 nitrogen and oxygen atoms in total. The van der Waals surface area contributed by atoms with Crippen molar-refractivity contribution in [2.45, 2.75) is 388 Å². The Morgan fingerprint density at radius 1 is 0.315 bits per heavy atom. The zero-order valence-corrected chi connectivity index (χ0v) is 61.8. The van der Waals surface area contributed by atoms with Crippen LogP contribution < -0.4 is 0 Å². The number of hydrogen-bond donors (Lipinski definition) is 3. The second-order valence-corrected chi connectivity index (χ2v) is 30.4. The van der Waals surface area contributed by atoms with Crippen molar-refractivity contribution >= 4 is 39.5 Å². The summed E-state index contributed by atoms with van der Waals surface area (Å²) in [5.74, 6) is 0.186. The van der Waals surface area contributed by atoms with Gasteiger partial charge in [0.1, 0.15) is 19.3 Å². The highest BCUT2D eigenvalue weighted by molar-refractivity contribution is 7.47. The number of aliphatic hydroxyl groups excluding tert-OH is 1. The van der Waals surface area contributed by atoms with E-state index in [2.05, 4.69) is 48.5 Å². The lowest BCUT2D eigenvalue weighted by molar-refractivity contribution is -0.161. The molecule has 6 atom stereocenters. The van der Waals surface area contributed by atoms with Crippen LogP contribution in [0.5, 0.6) is 0 Å². The number of rotatable bonds is 71. The highest BCUT2D eigenvalue weighted by Crippen LogP contribution is 2.45. The van der Waals surface area contributed by atoms with Crippen LogP contribution in [0.1, 0.15) is 370 Å². The van der Waals surface area contributed by atoms with E-state index in [-0.39, 0.29) is 25.7 Å². The Bertz CT molecular complexity index is 1800. The summed E-state index contributed by atoms with van der Waals surface area (Å²) in [6.07, 6.45) is 48.8.